The molecule has 0 aliphatic heterocycles. The number of rotatable bonds is 15. The van der Waals surface area contributed by atoms with Crippen LogP contribution in [0.25, 0.3) is 21.8 Å². The number of Topliss-reactive ketones (excluding diaryl/α,β-unsaturated/α-hetero) is 1. The third kappa shape index (κ3) is 27.4. The number of para-hydroxylation sites is 4. The lowest BCUT2D eigenvalue weighted by molar-refractivity contribution is 0.0987. The fourth-order valence-electron chi connectivity index (χ4n) is 7.08. The molecule has 18 heteroatoms. The summed E-state index contributed by atoms with van der Waals surface area (Å²) >= 11 is 6.73. The Balaban J connectivity index is 0.000000563. The minimum absolute atomic E-state index is 0. The molecule has 464 valence electrons. The van der Waals surface area contributed by atoms with Crippen LogP contribution >= 0.6 is 47.7 Å². The first-order chi connectivity index (χ1) is 42.5. The van der Waals surface area contributed by atoms with E-state index >= 15 is 0 Å². The highest BCUT2D eigenvalue weighted by molar-refractivity contribution is 9.10. The van der Waals surface area contributed by atoms with Crippen molar-refractivity contribution >= 4 is 87.9 Å². The fraction of sp³-hybridized carbons (Fsp3) is 0.155. The first-order valence-electron chi connectivity index (χ1n) is 27.8. The van der Waals surface area contributed by atoms with Crippen LogP contribution < -0.4 is 18.1 Å². The third-order valence-corrected chi connectivity index (χ3v) is 14.8. The van der Waals surface area contributed by atoms with Gasteiger partial charge in [-0.2, -0.15) is 0 Å². The molecule has 0 aliphatic carbocycles. The van der Waals surface area contributed by atoms with Gasteiger partial charge in [-0.25, -0.2) is 13.6 Å². The van der Waals surface area contributed by atoms with Gasteiger partial charge >= 0.3 is 15.9 Å². The van der Waals surface area contributed by atoms with E-state index in [1.54, 1.807) is 147 Å². The van der Waals surface area contributed by atoms with Crippen LogP contribution in [-0.4, -0.2) is 43.3 Å². The van der Waals surface area contributed by atoms with Gasteiger partial charge in [-0.15, -0.1) is 0 Å². The number of pyridine rings is 5. The van der Waals surface area contributed by atoms with Gasteiger partial charge in [0.25, 0.3) is 0 Å². The Morgan fingerprint density at radius 3 is 1.35 bits per heavy atom. The maximum Gasteiger partial charge on any atom is 0.805 e. The Morgan fingerprint density at radius 1 is 0.506 bits per heavy atom. The number of carbonyl (C=O) groups excluding carboxylic acids is 3. The number of carbonyl (C=O) groups is 3. The molecule has 0 fully saturated rings. The molecule has 89 heavy (non-hydrogen) atoms. The summed E-state index contributed by atoms with van der Waals surface area (Å²) < 4.78 is 48.7. The molecule has 5 aromatic heterocycles. The third-order valence-electron chi connectivity index (χ3n) is 11.0. The second kappa shape index (κ2) is 43.7. The Hall–Kier alpha value is -8.91. The molecule has 14 nitrogen and oxygen atoms in total. The molecule has 11 aromatic rings. The lowest BCUT2D eigenvalue weighted by Gasteiger charge is -2.24. The Morgan fingerprint density at radius 2 is 0.933 bits per heavy atom. The van der Waals surface area contributed by atoms with Crippen LogP contribution in [0.5, 0.6) is 23.0 Å². The molecular formula is C71H78Br2N5O9P2+. The Labute approximate surface area is 543 Å². The zero-order valence-corrected chi connectivity index (χ0v) is 54.2. The zero-order valence-electron chi connectivity index (χ0n) is 49.2. The molecular weight excluding hydrogens is 1290 g/mol. The minimum Gasteiger partial charge on any atom is -0.416 e. The molecule has 0 radical (unpaired) electrons. The van der Waals surface area contributed by atoms with Gasteiger partial charge in [0.15, 0.2) is 23.6 Å². The molecule has 11 rings (SSSR count). The second-order valence-electron chi connectivity index (χ2n) is 16.9. The van der Waals surface area contributed by atoms with Crippen molar-refractivity contribution in [2.45, 2.75) is 75.4 Å². The molecule has 1 atom stereocenters. The lowest BCUT2D eigenvalue weighted by Crippen LogP contribution is -2.09. The van der Waals surface area contributed by atoms with E-state index in [2.05, 4.69) is 56.8 Å². The van der Waals surface area contributed by atoms with Gasteiger partial charge in [0.2, 0.25) is 0 Å². The van der Waals surface area contributed by atoms with E-state index in [-0.39, 0.29) is 22.1 Å². The van der Waals surface area contributed by atoms with Crippen LogP contribution in [0.2, 0.25) is 0 Å². The van der Waals surface area contributed by atoms with Crippen LogP contribution in [0.15, 0.2) is 264 Å². The quantitative estimate of drug-likeness (QED) is 0.0536. The summed E-state index contributed by atoms with van der Waals surface area (Å²) in [4.78, 5) is 53.2. The van der Waals surface area contributed by atoms with Crippen LogP contribution in [0, 0.1) is 0 Å². The van der Waals surface area contributed by atoms with E-state index < -0.39 is 21.5 Å². The number of halogens is 2. The van der Waals surface area contributed by atoms with Crippen LogP contribution in [0.1, 0.15) is 113 Å². The minimum atomic E-state index is -3.54. The number of fused-ring (bicyclic) bond motifs is 2. The number of aldehydes is 2. The second-order valence-corrected chi connectivity index (χ2v) is 21.8. The average Bonchev–Trinajstić information content (AvgIpc) is 1.25. The molecule has 0 N–H and O–H groups in total. The van der Waals surface area contributed by atoms with Crippen molar-refractivity contribution in [1.82, 2.24) is 24.9 Å². The largest absolute Gasteiger partial charge is 0.805 e. The number of hydrogen-bond acceptors (Lipinski definition) is 14. The summed E-state index contributed by atoms with van der Waals surface area (Å²) in [6, 6.07) is 67.2. The van der Waals surface area contributed by atoms with Gasteiger partial charge in [0.1, 0.15) is 34.8 Å². The summed E-state index contributed by atoms with van der Waals surface area (Å²) in [6.45, 7) is 13.8. The van der Waals surface area contributed by atoms with Crippen molar-refractivity contribution in [3.63, 3.8) is 0 Å². The molecule has 0 saturated heterocycles. The van der Waals surface area contributed by atoms with E-state index in [9.17, 15) is 23.5 Å². The molecule has 0 aliphatic rings. The molecule has 0 bridgehead atoms. The van der Waals surface area contributed by atoms with Gasteiger partial charge in [-0.1, -0.05) is 153 Å². The average molecular weight is 1370 g/mol. The molecule has 0 amide bonds. The van der Waals surface area contributed by atoms with Crippen molar-refractivity contribution in [2.24, 2.45) is 0 Å². The topological polar surface area (TPSA) is 187 Å². The monoisotopic (exact) mass is 1360 g/mol. The van der Waals surface area contributed by atoms with Gasteiger partial charge in [-0.3, -0.25) is 39.3 Å². The zero-order chi connectivity index (χ0) is 63.1. The standard InChI is InChI=1S/C19H18NO3P.C16H11BrN2O.C12H10O3P.C10H6BrNO.C6H5NO.3C2H6.2CH4.H2/c1-16(19-14-8-9-15-20-19)24(21,22-17-10-4-2-5-11-17)23-18-12-6-3-7-13-18;17-13-9-12-7-11(4-5-14(12)19-10-13)8-16(20)15-3-1-2-6-18-15;13-16(14-11-7-3-1-4-8-11)15-12-9-5-2-6-10-12;11-9-4-8-3-7(6-13)1-2-10(8)12-5-9;8-5-6-3-1-2-4-7-6;3*1-2;;;/h2-16H,1H3;1-7,9-10H,8H2;1-10H;1-6H;1-5H;3*1-2H3;2*1H4;1H/q;;+1;;;;;;;;. The highest BCUT2D eigenvalue weighted by Crippen LogP contribution is 2.59. The highest BCUT2D eigenvalue weighted by Gasteiger charge is 2.38. The van der Waals surface area contributed by atoms with Crippen molar-refractivity contribution in [1.29, 1.82) is 0 Å². The lowest BCUT2D eigenvalue weighted by atomic mass is 10.0. The summed E-state index contributed by atoms with van der Waals surface area (Å²) in [5.41, 5.74) is 4.58. The van der Waals surface area contributed by atoms with Gasteiger partial charge in [0, 0.05) is 68.7 Å². The maximum atomic E-state index is 13.6. The normalized spacial score (nSPS) is 9.90. The number of aromatic nitrogens is 5. The summed E-state index contributed by atoms with van der Waals surface area (Å²) in [6.07, 6.45) is 10.3. The smallest absolute Gasteiger partial charge is 0.416 e. The highest BCUT2D eigenvalue weighted by atomic mass is 79.9. The molecule has 0 saturated carbocycles. The summed E-state index contributed by atoms with van der Waals surface area (Å²) in [5.74, 6) is 2.08. The number of benzene rings is 6. The SMILES string of the molecule is C.C.CC.CC.CC.CC(c1ccccn1)P(=O)(Oc1ccccc1)Oc1ccccc1.O=C(Cc1ccc2ncc(Br)cc2c1)c1ccccn1.O=Cc1ccc2ncc(Br)cc2c1.O=Cc1ccccn1.O=[P+](Oc1ccccc1)Oc1ccccc1.[HH]. The first kappa shape index (κ1) is 76.2. The van der Waals surface area contributed by atoms with Crippen molar-refractivity contribution in [3.8, 4) is 23.0 Å². The predicted molar refractivity (Wildman–Crippen MR) is 372 cm³/mol. The van der Waals surface area contributed by atoms with Crippen LogP contribution in [0.4, 0.5) is 0 Å². The fourth-order valence-corrected chi connectivity index (χ4v) is 10.1. The summed E-state index contributed by atoms with van der Waals surface area (Å²) in [5, 5.41) is 1.99. The predicted octanol–water partition coefficient (Wildman–Crippen LogP) is 21.4. The van der Waals surface area contributed by atoms with Crippen molar-refractivity contribution in [2.75, 3.05) is 0 Å². The maximum absolute atomic E-state index is 13.6. The summed E-state index contributed by atoms with van der Waals surface area (Å²) in [7, 11) is -5.72. The van der Waals surface area contributed by atoms with Crippen LogP contribution in [0.3, 0.4) is 0 Å². The number of hydrogen-bond donors (Lipinski definition) is 0. The van der Waals surface area contributed by atoms with E-state index in [0.717, 1.165) is 48.9 Å². The van der Waals surface area contributed by atoms with Crippen molar-refractivity contribution < 1.29 is 43.0 Å². The van der Waals surface area contributed by atoms with E-state index in [1.807, 2.05) is 157 Å². The van der Waals surface area contributed by atoms with Crippen molar-refractivity contribution in [3.05, 3.63) is 293 Å². The molecule has 6 aromatic carbocycles. The molecule has 0 spiro atoms. The number of ketones is 1. The van der Waals surface area contributed by atoms with Gasteiger partial charge in [0.05, 0.1) is 16.7 Å². The molecule has 1 unspecified atom stereocenters. The first-order valence-corrected chi connectivity index (χ1v) is 32.0. The van der Waals surface area contributed by atoms with E-state index in [4.69, 9.17) is 18.1 Å². The Kier molecular flexibility index (Phi) is 37.4. The van der Waals surface area contributed by atoms with E-state index in [1.165, 1.54) is 0 Å². The molecule has 5 heterocycles. The van der Waals surface area contributed by atoms with Crippen LogP contribution in [-0.2, 0) is 15.6 Å². The van der Waals surface area contributed by atoms with E-state index in [0.29, 0.717) is 52.1 Å². The van der Waals surface area contributed by atoms with Gasteiger partial charge < -0.3 is 9.05 Å². The number of nitrogens with zero attached hydrogens (tertiary/aromatic N) is 5. The van der Waals surface area contributed by atoms with Gasteiger partial charge in [-0.05, 0) is 172 Å². The Bertz CT molecular complexity index is 3720.